The van der Waals surface area contributed by atoms with E-state index >= 15 is 0 Å². The molecule has 22 heavy (non-hydrogen) atoms. The van der Waals surface area contributed by atoms with Gasteiger partial charge in [-0.2, -0.15) is 0 Å². The van der Waals surface area contributed by atoms with E-state index in [1.54, 1.807) is 0 Å². The zero-order valence-corrected chi connectivity index (χ0v) is 13.7. The molecule has 0 fully saturated rings. The number of hydrogen-bond acceptors (Lipinski definition) is 2. The van der Waals surface area contributed by atoms with Gasteiger partial charge in [0.15, 0.2) is 0 Å². The number of halogens is 2. The molecular weight excluding hydrogens is 325 g/mol. The van der Waals surface area contributed by atoms with Gasteiger partial charge in [-0.15, -0.1) is 0 Å². The maximum Gasteiger partial charge on any atom is 0.240 e. The molecule has 0 heterocycles. The van der Waals surface area contributed by atoms with E-state index in [4.69, 9.17) is 11.6 Å². The Kier molecular flexibility index (Phi) is 5.56. The number of aryl methyl sites for hydroxylation is 1. The van der Waals surface area contributed by atoms with Crippen LogP contribution in [0.25, 0.3) is 0 Å². The molecule has 0 aliphatic carbocycles. The first-order valence-corrected chi connectivity index (χ1v) is 8.81. The Bertz CT molecular complexity index is 745. The standard InChI is InChI=1S/C16H17ClFNO2S/c1-2-12-3-5-13(6-4-12)9-10-19-22(20,21)14-7-8-16(18)15(17)11-14/h3-8,11,19H,2,9-10H2,1H3. The number of hydrogen-bond donors (Lipinski definition) is 1. The molecule has 0 bridgehead atoms. The van der Waals surface area contributed by atoms with E-state index in [1.807, 2.05) is 24.3 Å². The van der Waals surface area contributed by atoms with Crippen LogP contribution in [0.1, 0.15) is 18.1 Å². The van der Waals surface area contributed by atoms with Crippen LogP contribution in [0.15, 0.2) is 47.4 Å². The molecule has 0 aromatic heterocycles. The van der Waals surface area contributed by atoms with E-state index in [2.05, 4.69) is 11.6 Å². The summed E-state index contributed by atoms with van der Waals surface area (Å²) in [4.78, 5) is -0.0415. The highest BCUT2D eigenvalue weighted by atomic mass is 35.5. The van der Waals surface area contributed by atoms with Gasteiger partial charge in [-0.25, -0.2) is 17.5 Å². The van der Waals surface area contributed by atoms with Crippen molar-refractivity contribution >= 4 is 21.6 Å². The smallest absolute Gasteiger partial charge is 0.211 e. The number of nitrogens with one attached hydrogen (secondary N) is 1. The summed E-state index contributed by atoms with van der Waals surface area (Å²) in [6.45, 7) is 2.35. The molecule has 0 aliphatic rings. The third-order valence-electron chi connectivity index (χ3n) is 3.34. The van der Waals surface area contributed by atoms with Crippen LogP contribution in [0, 0.1) is 5.82 Å². The molecule has 0 amide bonds. The SMILES string of the molecule is CCc1ccc(CCNS(=O)(=O)c2ccc(F)c(Cl)c2)cc1. The second kappa shape index (κ2) is 7.22. The molecular formula is C16H17ClFNO2S. The topological polar surface area (TPSA) is 46.2 Å². The average Bonchev–Trinajstić information content (AvgIpc) is 2.50. The summed E-state index contributed by atoms with van der Waals surface area (Å²) >= 11 is 5.61. The molecule has 2 aromatic rings. The summed E-state index contributed by atoms with van der Waals surface area (Å²) in [6, 6.07) is 11.4. The van der Waals surface area contributed by atoms with Gasteiger partial charge in [0.1, 0.15) is 5.82 Å². The minimum atomic E-state index is -3.68. The first-order chi connectivity index (χ1) is 10.4. The Morgan fingerprint density at radius 1 is 1.09 bits per heavy atom. The minimum absolute atomic E-state index is 0.0415. The van der Waals surface area contributed by atoms with Crippen LogP contribution < -0.4 is 4.72 Å². The van der Waals surface area contributed by atoms with Gasteiger partial charge in [0, 0.05) is 6.54 Å². The molecule has 118 valence electrons. The minimum Gasteiger partial charge on any atom is -0.211 e. The molecule has 0 radical (unpaired) electrons. The predicted octanol–water partition coefficient (Wildman–Crippen LogP) is 3.56. The van der Waals surface area contributed by atoms with E-state index in [1.165, 1.54) is 11.6 Å². The molecule has 2 rings (SSSR count). The van der Waals surface area contributed by atoms with Gasteiger partial charge in [-0.05, 0) is 42.2 Å². The zero-order valence-electron chi connectivity index (χ0n) is 12.1. The molecule has 1 N–H and O–H groups in total. The van der Waals surface area contributed by atoms with Gasteiger partial charge >= 0.3 is 0 Å². The van der Waals surface area contributed by atoms with Crippen molar-refractivity contribution in [1.29, 1.82) is 0 Å². The summed E-state index contributed by atoms with van der Waals surface area (Å²) in [7, 11) is -3.68. The largest absolute Gasteiger partial charge is 0.240 e. The fourth-order valence-electron chi connectivity index (χ4n) is 2.00. The molecule has 0 aliphatic heterocycles. The van der Waals surface area contributed by atoms with Crippen molar-refractivity contribution in [1.82, 2.24) is 4.72 Å². The second-order valence-electron chi connectivity index (χ2n) is 4.89. The predicted molar refractivity (Wildman–Crippen MR) is 86.1 cm³/mol. The highest BCUT2D eigenvalue weighted by Gasteiger charge is 2.15. The summed E-state index contributed by atoms with van der Waals surface area (Å²) in [6.07, 6.45) is 1.55. The van der Waals surface area contributed by atoms with Crippen LogP contribution in [0.4, 0.5) is 4.39 Å². The van der Waals surface area contributed by atoms with Gasteiger partial charge in [-0.1, -0.05) is 42.8 Å². The van der Waals surface area contributed by atoms with Crippen LogP contribution in [0.5, 0.6) is 0 Å². The Hall–Kier alpha value is -1.43. The lowest BCUT2D eigenvalue weighted by molar-refractivity contribution is 0.580. The highest BCUT2D eigenvalue weighted by molar-refractivity contribution is 7.89. The fourth-order valence-corrected chi connectivity index (χ4v) is 3.30. The van der Waals surface area contributed by atoms with Gasteiger partial charge in [-0.3, -0.25) is 0 Å². The van der Waals surface area contributed by atoms with E-state index < -0.39 is 15.8 Å². The average molecular weight is 342 g/mol. The van der Waals surface area contributed by atoms with Crippen molar-refractivity contribution in [3.8, 4) is 0 Å². The third-order valence-corrected chi connectivity index (χ3v) is 5.09. The number of benzene rings is 2. The van der Waals surface area contributed by atoms with E-state index in [-0.39, 0.29) is 16.5 Å². The first-order valence-electron chi connectivity index (χ1n) is 6.95. The van der Waals surface area contributed by atoms with Gasteiger partial charge < -0.3 is 0 Å². The normalized spacial score (nSPS) is 11.6. The first kappa shape index (κ1) is 16.9. The van der Waals surface area contributed by atoms with Crippen molar-refractivity contribution < 1.29 is 12.8 Å². The van der Waals surface area contributed by atoms with Gasteiger partial charge in [0.25, 0.3) is 0 Å². The summed E-state index contributed by atoms with van der Waals surface area (Å²) < 4.78 is 39.8. The second-order valence-corrected chi connectivity index (χ2v) is 7.07. The van der Waals surface area contributed by atoms with Crippen LogP contribution in [0.3, 0.4) is 0 Å². The molecule has 0 saturated carbocycles. The summed E-state index contributed by atoms with van der Waals surface area (Å²) in [5.41, 5.74) is 2.29. The van der Waals surface area contributed by atoms with Gasteiger partial charge in [0.2, 0.25) is 10.0 Å². The van der Waals surface area contributed by atoms with Crippen molar-refractivity contribution in [3.05, 3.63) is 64.4 Å². The van der Waals surface area contributed by atoms with E-state index in [0.717, 1.165) is 24.1 Å². The Morgan fingerprint density at radius 3 is 2.32 bits per heavy atom. The fraction of sp³-hybridized carbons (Fsp3) is 0.250. The van der Waals surface area contributed by atoms with Crippen molar-refractivity contribution in [2.24, 2.45) is 0 Å². The van der Waals surface area contributed by atoms with Crippen LogP contribution >= 0.6 is 11.6 Å². The highest BCUT2D eigenvalue weighted by Crippen LogP contribution is 2.19. The van der Waals surface area contributed by atoms with Crippen LogP contribution in [0.2, 0.25) is 5.02 Å². The van der Waals surface area contributed by atoms with Crippen LogP contribution in [-0.2, 0) is 22.9 Å². The molecule has 2 aromatic carbocycles. The maximum atomic E-state index is 13.1. The summed E-state index contributed by atoms with van der Waals surface area (Å²) in [5, 5.41) is -0.210. The molecule has 0 unspecified atom stereocenters. The van der Waals surface area contributed by atoms with E-state index in [9.17, 15) is 12.8 Å². The van der Waals surface area contributed by atoms with Crippen molar-refractivity contribution in [3.63, 3.8) is 0 Å². The quantitative estimate of drug-likeness (QED) is 0.873. The monoisotopic (exact) mass is 341 g/mol. The lowest BCUT2D eigenvalue weighted by Crippen LogP contribution is -2.26. The zero-order chi connectivity index (χ0) is 16.2. The molecule has 0 atom stereocenters. The Balaban J connectivity index is 1.98. The van der Waals surface area contributed by atoms with Crippen molar-refractivity contribution in [2.45, 2.75) is 24.7 Å². The van der Waals surface area contributed by atoms with Crippen molar-refractivity contribution in [2.75, 3.05) is 6.54 Å². The molecule has 6 heteroatoms. The molecule has 0 saturated heterocycles. The third kappa shape index (κ3) is 4.29. The lowest BCUT2D eigenvalue weighted by atomic mass is 10.1. The molecule has 0 spiro atoms. The number of sulfonamides is 1. The maximum absolute atomic E-state index is 13.1. The van der Waals surface area contributed by atoms with Gasteiger partial charge in [0.05, 0.1) is 9.92 Å². The Labute approximate surface area is 135 Å². The van der Waals surface area contributed by atoms with E-state index in [0.29, 0.717) is 6.42 Å². The summed E-state index contributed by atoms with van der Waals surface area (Å²) in [5.74, 6) is -0.642. The van der Waals surface area contributed by atoms with Crippen LogP contribution in [-0.4, -0.2) is 15.0 Å². The number of rotatable bonds is 6. The Morgan fingerprint density at radius 2 is 1.73 bits per heavy atom. The lowest BCUT2D eigenvalue weighted by Gasteiger charge is -2.08. The molecule has 3 nitrogen and oxygen atoms in total.